The SMILES string of the molecule is C.C.C.C.C.C.C.C.C.C.C.C.FC(F)(F)c1cc(Br)c2nc(Cl)ncc2c1.NS(=O)(=O)c1ccc(Nc2ncc3cc(C(F)(F)F)cc(Br)c3n2)cc1.Nc1c(Br)cc(C(F)(F)F)cc1Br.Nc1c(Br)cc(C(F)(F)F)cc1C=O.O=C1Nc2c(Br)cc(C(F)(F)F)cc2C(O)N1. The first kappa shape index (κ1) is 108. The number of nitrogens with zero attached hydrogens (tertiary/aromatic N) is 4. The van der Waals surface area contributed by atoms with Crippen molar-refractivity contribution in [2.45, 2.75) is 131 Å². The number of rotatable bonds is 4. The van der Waals surface area contributed by atoms with Crippen molar-refractivity contribution in [2.24, 2.45) is 5.14 Å². The van der Waals surface area contributed by atoms with Gasteiger partial charge in [0.15, 0.2) is 12.5 Å². The number of fused-ring (bicyclic) bond motifs is 3. The van der Waals surface area contributed by atoms with Crippen LogP contribution in [-0.4, -0.2) is 45.8 Å². The van der Waals surface area contributed by atoms with Crippen molar-refractivity contribution in [3.8, 4) is 0 Å². The van der Waals surface area contributed by atoms with E-state index in [1.165, 1.54) is 36.7 Å². The van der Waals surface area contributed by atoms with E-state index in [2.05, 4.69) is 131 Å². The topological polar surface area (TPSA) is 254 Å². The van der Waals surface area contributed by atoms with Crippen LogP contribution < -0.4 is 32.6 Å². The zero-order valence-electron chi connectivity index (χ0n) is 41.2. The highest BCUT2D eigenvalue weighted by Crippen LogP contribution is 2.42. The number of nitrogens with two attached hydrogens (primary N) is 3. The van der Waals surface area contributed by atoms with Crippen molar-refractivity contribution < 1.29 is 89.0 Å². The molecule has 0 radical (unpaired) electrons. The van der Waals surface area contributed by atoms with Gasteiger partial charge in [0.2, 0.25) is 21.3 Å². The Hall–Kier alpha value is -5.67. The van der Waals surface area contributed by atoms with Crippen LogP contribution in [0.2, 0.25) is 5.28 Å². The quantitative estimate of drug-likeness (QED) is 0.0376. The summed E-state index contributed by atoms with van der Waals surface area (Å²) in [6.45, 7) is 0. The zero-order chi connectivity index (χ0) is 65.0. The Kier molecular flexibility index (Phi) is 47.0. The summed E-state index contributed by atoms with van der Waals surface area (Å²) in [6.07, 6.45) is -20.9. The van der Waals surface area contributed by atoms with Gasteiger partial charge in [-0.3, -0.25) is 4.79 Å². The van der Waals surface area contributed by atoms with E-state index in [0.29, 0.717) is 22.8 Å². The number of aliphatic hydroxyl groups is 1. The Labute approximate surface area is 616 Å². The minimum absolute atomic E-state index is 0. The molecular formula is C60H76Br6ClF15N10O5S. The second kappa shape index (κ2) is 42.6. The molecule has 98 heavy (non-hydrogen) atoms. The average Bonchev–Trinajstić information content (AvgIpc) is 0.801. The van der Waals surface area contributed by atoms with E-state index in [-0.39, 0.29) is 177 Å². The molecule has 15 nitrogen and oxygen atoms in total. The smallest absolute Gasteiger partial charge is 0.397 e. The van der Waals surface area contributed by atoms with Crippen LogP contribution in [0.5, 0.6) is 0 Å². The number of primary sulfonamides is 1. The number of hydrogen-bond acceptors (Lipinski definition) is 12. The van der Waals surface area contributed by atoms with Crippen molar-refractivity contribution in [1.82, 2.24) is 25.3 Å². The van der Waals surface area contributed by atoms with Crippen LogP contribution in [-0.2, 0) is 40.9 Å². The van der Waals surface area contributed by atoms with Crippen molar-refractivity contribution in [2.75, 3.05) is 22.1 Å². The van der Waals surface area contributed by atoms with Crippen LogP contribution in [0.3, 0.4) is 0 Å². The molecule has 38 heteroatoms. The van der Waals surface area contributed by atoms with Gasteiger partial charge in [-0.2, -0.15) is 65.9 Å². The van der Waals surface area contributed by atoms with Crippen molar-refractivity contribution >= 4 is 180 Å². The number of carbonyl (C=O) groups is 2. The number of nitrogens with one attached hydrogen (secondary N) is 3. The molecule has 0 fully saturated rings. The third kappa shape index (κ3) is 29.5. The number of halogens is 22. The molecule has 0 bridgehead atoms. The summed E-state index contributed by atoms with van der Waals surface area (Å²) in [5.74, 6) is 0.140. The van der Waals surface area contributed by atoms with E-state index in [4.69, 9.17) is 28.2 Å². The maximum Gasteiger partial charge on any atom is 0.416 e. The van der Waals surface area contributed by atoms with Gasteiger partial charge in [-0.1, -0.05) is 89.1 Å². The fourth-order valence-electron chi connectivity index (χ4n) is 6.57. The number of benzene rings is 6. The number of aldehydes is 1. The highest BCUT2D eigenvalue weighted by atomic mass is 79.9. The lowest BCUT2D eigenvalue weighted by molar-refractivity contribution is -0.138. The number of carbonyl (C=O) groups excluding carboxylic acids is 2. The Morgan fingerprint density at radius 2 is 0.857 bits per heavy atom. The van der Waals surface area contributed by atoms with Crippen molar-refractivity contribution in [3.05, 3.63) is 168 Å². The number of sulfonamides is 1. The first-order valence-electron chi connectivity index (χ1n) is 22.1. The Balaban J connectivity index is -0.000000171. The van der Waals surface area contributed by atoms with Gasteiger partial charge in [0.05, 0.1) is 60.8 Å². The standard InChI is InChI=1S/C15H10BrF3N4O2S.C9H3BrClF3N2.C9H6BrF3N2O2.C8H5BrF3NO.C7H4Br2F3N.12CH4/c16-12-6-9(15(17,18)19)5-8-7-21-14(23-13(8)12)22-10-1-3-11(4-2-10)26(20,24)25;10-6-2-5(9(12,13)14)1-4-3-15-8(11)16-7(4)6;10-5-2-3(9(11,12)13)1-4-6(5)14-8(17)15-7(4)16;9-6-2-5(8(10,11)12)1-4(3-14)7(6)13;8-4-1-3(7(10,11)12)2-5(9)6(4)13;;;;;;;;;;;;/h1-7H,(H2,20,24,25)(H,21,22,23);1-3H;1-2,7,16H,(H2,14,15,17);1-3H,13H2;1-2H,13H2;12*1H4. The van der Waals surface area contributed by atoms with Crippen LogP contribution in [0.15, 0.2) is 129 Å². The summed E-state index contributed by atoms with van der Waals surface area (Å²) in [5, 5.41) is 22.2. The number of urea groups is 1. The number of anilines is 5. The lowest BCUT2D eigenvalue weighted by atomic mass is 10.1. The van der Waals surface area contributed by atoms with Gasteiger partial charge in [0, 0.05) is 66.8 Å². The van der Waals surface area contributed by atoms with Gasteiger partial charge < -0.3 is 32.5 Å². The predicted octanol–water partition coefficient (Wildman–Crippen LogP) is 24.8. The van der Waals surface area contributed by atoms with E-state index in [1.807, 2.05) is 0 Å². The fourth-order valence-corrected chi connectivity index (χ4v) is 10.6. The molecule has 3 heterocycles. The third-order valence-electron chi connectivity index (χ3n) is 10.6. The maximum atomic E-state index is 12.9. The van der Waals surface area contributed by atoms with Gasteiger partial charge in [-0.15, -0.1) is 0 Å². The minimum atomic E-state index is -4.52. The molecule has 0 aliphatic carbocycles. The molecule has 6 aromatic carbocycles. The molecule has 9 rings (SSSR count). The highest BCUT2D eigenvalue weighted by molar-refractivity contribution is 9.11. The second-order valence-corrected chi connectivity index (χ2v) is 23.7. The lowest BCUT2D eigenvalue weighted by Gasteiger charge is -2.25. The number of amides is 2. The zero-order valence-corrected chi connectivity index (χ0v) is 52.3. The van der Waals surface area contributed by atoms with Gasteiger partial charge in [0.1, 0.15) is 0 Å². The Bertz CT molecular complexity index is 3970. The van der Waals surface area contributed by atoms with Crippen LogP contribution in [0.4, 0.5) is 99.3 Å². The molecule has 2 aromatic heterocycles. The number of hydrogen-bond donors (Lipinski definition) is 7. The summed E-state index contributed by atoms with van der Waals surface area (Å²) in [5.41, 5.74) is 8.03. The van der Waals surface area contributed by atoms with Crippen LogP contribution in [0.1, 0.15) is 139 Å². The van der Waals surface area contributed by atoms with Gasteiger partial charge in [-0.05, 0) is 192 Å². The van der Waals surface area contributed by atoms with Crippen molar-refractivity contribution in [1.29, 1.82) is 0 Å². The Morgan fingerprint density at radius 3 is 1.26 bits per heavy atom. The van der Waals surface area contributed by atoms with Gasteiger partial charge in [-0.25, -0.2) is 38.3 Å². The lowest BCUT2D eigenvalue weighted by Crippen LogP contribution is -2.38. The first-order valence-corrected chi connectivity index (χ1v) is 28.8. The molecule has 1 aliphatic heterocycles. The van der Waals surface area contributed by atoms with Crippen LogP contribution in [0.25, 0.3) is 21.8 Å². The van der Waals surface area contributed by atoms with E-state index in [1.54, 1.807) is 0 Å². The van der Waals surface area contributed by atoms with Gasteiger partial charge in [0.25, 0.3) is 0 Å². The van der Waals surface area contributed by atoms with Crippen LogP contribution in [0, 0.1) is 0 Å². The predicted molar refractivity (Wildman–Crippen MR) is 388 cm³/mol. The summed E-state index contributed by atoms with van der Waals surface area (Å²) < 4.78 is 210. The van der Waals surface area contributed by atoms with Gasteiger partial charge >= 0.3 is 36.9 Å². The summed E-state index contributed by atoms with van der Waals surface area (Å²) in [4.78, 5) is 37.0. The first-order chi connectivity index (χ1) is 39.4. The molecule has 1 atom stereocenters. The molecule has 1 unspecified atom stereocenters. The molecule has 0 spiro atoms. The Morgan fingerprint density at radius 1 is 0.510 bits per heavy atom. The number of alkyl halides is 15. The summed E-state index contributed by atoms with van der Waals surface area (Å²) in [6, 6.07) is 13.8. The summed E-state index contributed by atoms with van der Waals surface area (Å²) >= 11 is 23.3. The third-order valence-corrected chi connectivity index (χ3v) is 15.5. The number of aromatic nitrogens is 4. The average molecular weight is 1850 g/mol. The van der Waals surface area contributed by atoms with E-state index >= 15 is 0 Å². The normalized spacial score (nSPS) is 11.8. The monoisotopic (exact) mass is 1840 g/mol. The molecule has 8 aromatic rings. The van der Waals surface area contributed by atoms with Crippen molar-refractivity contribution in [3.63, 3.8) is 0 Å². The van der Waals surface area contributed by atoms with E-state index in [9.17, 15) is 89.0 Å². The molecule has 0 saturated heterocycles. The summed E-state index contributed by atoms with van der Waals surface area (Å²) in [7, 11) is -3.80. The molecular weight excluding hydrogens is 1770 g/mol. The molecule has 556 valence electrons. The largest absolute Gasteiger partial charge is 0.416 e. The van der Waals surface area contributed by atoms with E-state index < -0.39 is 81.0 Å². The number of aliphatic hydroxyl groups excluding tert-OH is 1. The number of nitrogen functional groups attached to an aromatic ring is 2. The molecule has 0 saturated carbocycles. The maximum absolute atomic E-state index is 12.9. The highest BCUT2D eigenvalue weighted by Gasteiger charge is 2.36. The van der Waals surface area contributed by atoms with E-state index in [0.717, 1.165) is 54.6 Å². The second-order valence-electron chi connectivity index (χ2n) is 16.7. The molecule has 2 amide bonds. The molecule has 1 aliphatic rings. The van der Waals surface area contributed by atoms with Crippen LogP contribution >= 0.6 is 107 Å². The molecule has 10 N–H and O–H groups in total. The fraction of sp³-hybridized carbons (Fsp3) is 0.300. The minimum Gasteiger partial charge on any atom is -0.397 e.